The minimum absolute atomic E-state index is 0.167. The van der Waals surface area contributed by atoms with Crippen molar-refractivity contribution in [1.82, 2.24) is 0 Å². The maximum Gasteiger partial charge on any atom is 0.224 e. The Morgan fingerprint density at radius 1 is 1.25 bits per heavy atom. The topological polar surface area (TPSA) is 41.6 Å². The standard InChI is InChI=1S/C19H25BrN2O2/c20-16-3-4-18(22-5-7-24-8-6-22)17(12-16)21-19(23)11-15-10-13-1-2-14(15)9-13/h3-4,12-15H,1-2,5-11H2,(H,21,23). The minimum Gasteiger partial charge on any atom is -0.378 e. The highest BCUT2D eigenvalue weighted by atomic mass is 79.9. The molecule has 1 aliphatic heterocycles. The molecule has 130 valence electrons. The molecule has 2 saturated carbocycles. The molecule has 1 saturated heterocycles. The van der Waals surface area contributed by atoms with Gasteiger partial charge in [0.1, 0.15) is 0 Å². The normalized spacial score (nSPS) is 29.0. The average Bonchev–Trinajstić information content (AvgIpc) is 3.18. The Hall–Kier alpha value is -1.07. The molecule has 1 amide bonds. The van der Waals surface area contributed by atoms with Crippen LogP contribution in [0.25, 0.3) is 0 Å². The van der Waals surface area contributed by atoms with Crippen LogP contribution in [0.1, 0.15) is 32.1 Å². The number of fused-ring (bicyclic) bond motifs is 2. The third kappa shape index (κ3) is 3.47. The number of nitrogens with zero attached hydrogens (tertiary/aromatic N) is 1. The van der Waals surface area contributed by atoms with Gasteiger partial charge in [0.15, 0.2) is 0 Å². The fourth-order valence-corrected chi connectivity index (χ4v) is 5.12. The van der Waals surface area contributed by atoms with Gasteiger partial charge in [-0.05, 0) is 55.2 Å². The minimum atomic E-state index is 0.167. The molecule has 0 radical (unpaired) electrons. The molecule has 4 rings (SSSR count). The van der Waals surface area contributed by atoms with Crippen molar-refractivity contribution >= 4 is 33.2 Å². The molecule has 3 aliphatic rings. The van der Waals surface area contributed by atoms with Gasteiger partial charge in [0.2, 0.25) is 5.91 Å². The van der Waals surface area contributed by atoms with Crippen LogP contribution < -0.4 is 10.2 Å². The van der Waals surface area contributed by atoms with Gasteiger partial charge in [0.25, 0.3) is 0 Å². The summed E-state index contributed by atoms with van der Waals surface area (Å²) in [4.78, 5) is 14.9. The fraction of sp³-hybridized carbons (Fsp3) is 0.632. The van der Waals surface area contributed by atoms with Crippen LogP contribution in [0, 0.1) is 17.8 Å². The van der Waals surface area contributed by atoms with Gasteiger partial charge in [-0.15, -0.1) is 0 Å². The van der Waals surface area contributed by atoms with E-state index >= 15 is 0 Å². The van der Waals surface area contributed by atoms with Crippen molar-refractivity contribution in [3.05, 3.63) is 22.7 Å². The number of benzene rings is 1. The van der Waals surface area contributed by atoms with Gasteiger partial charge in [-0.2, -0.15) is 0 Å². The fourth-order valence-electron chi connectivity index (χ4n) is 4.75. The van der Waals surface area contributed by atoms with E-state index in [-0.39, 0.29) is 5.91 Å². The second-order valence-electron chi connectivity index (χ2n) is 7.45. The summed E-state index contributed by atoms with van der Waals surface area (Å²) in [5, 5.41) is 3.18. The van der Waals surface area contributed by atoms with Crippen LogP contribution in [0.3, 0.4) is 0 Å². The number of nitrogens with one attached hydrogen (secondary N) is 1. The number of anilines is 2. The van der Waals surface area contributed by atoms with E-state index in [1.54, 1.807) is 0 Å². The van der Waals surface area contributed by atoms with E-state index in [4.69, 9.17) is 4.74 Å². The number of halogens is 1. The molecule has 2 aliphatic carbocycles. The second kappa shape index (κ2) is 7.04. The van der Waals surface area contributed by atoms with E-state index in [1.807, 2.05) is 12.1 Å². The van der Waals surface area contributed by atoms with Gasteiger partial charge in [0, 0.05) is 24.0 Å². The lowest BCUT2D eigenvalue weighted by Gasteiger charge is -2.31. The molecular formula is C19H25BrN2O2. The average molecular weight is 393 g/mol. The molecule has 1 aromatic carbocycles. The smallest absolute Gasteiger partial charge is 0.224 e. The van der Waals surface area contributed by atoms with E-state index in [9.17, 15) is 4.79 Å². The number of amides is 1. The number of hydrogen-bond donors (Lipinski definition) is 1. The summed E-state index contributed by atoms with van der Waals surface area (Å²) < 4.78 is 6.44. The molecule has 1 heterocycles. The molecular weight excluding hydrogens is 368 g/mol. The number of morpholine rings is 1. The van der Waals surface area contributed by atoms with Crippen molar-refractivity contribution < 1.29 is 9.53 Å². The first-order chi connectivity index (χ1) is 11.7. The first-order valence-electron chi connectivity index (χ1n) is 9.11. The summed E-state index contributed by atoms with van der Waals surface area (Å²) in [5.41, 5.74) is 2.02. The zero-order valence-electron chi connectivity index (χ0n) is 14.0. The molecule has 1 aromatic rings. The quantitative estimate of drug-likeness (QED) is 0.839. The van der Waals surface area contributed by atoms with Gasteiger partial charge in [-0.25, -0.2) is 0 Å². The van der Waals surface area contributed by atoms with Gasteiger partial charge < -0.3 is 15.0 Å². The summed E-state index contributed by atoms with van der Waals surface area (Å²) >= 11 is 3.53. The largest absolute Gasteiger partial charge is 0.378 e. The molecule has 3 fully saturated rings. The summed E-state index contributed by atoms with van der Waals surface area (Å²) in [6.45, 7) is 3.23. The van der Waals surface area contributed by atoms with Crippen LogP contribution in [0.15, 0.2) is 22.7 Å². The molecule has 24 heavy (non-hydrogen) atoms. The Morgan fingerprint density at radius 2 is 2.08 bits per heavy atom. The molecule has 2 bridgehead atoms. The molecule has 3 unspecified atom stereocenters. The highest BCUT2D eigenvalue weighted by molar-refractivity contribution is 9.10. The van der Waals surface area contributed by atoms with Crippen LogP contribution in [0.4, 0.5) is 11.4 Å². The Kier molecular flexibility index (Phi) is 4.81. The predicted molar refractivity (Wildman–Crippen MR) is 99.4 cm³/mol. The highest BCUT2D eigenvalue weighted by Gasteiger charge is 2.40. The Balaban J connectivity index is 1.44. The Morgan fingerprint density at radius 3 is 2.79 bits per heavy atom. The molecule has 0 spiro atoms. The van der Waals surface area contributed by atoms with Crippen molar-refractivity contribution in [2.45, 2.75) is 32.1 Å². The number of hydrogen-bond acceptors (Lipinski definition) is 3. The summed E-state index contributed by atoms with van der Waals surface area (Å²) in [6, 6.07) is 6.14. The maximum atomic E-state index is 12.6. The zero-order valence-corrected chi connectivity index (χ0v) is 15.6. The first kappa shape index (κ1) is 16.4. The summed E-state index contributed by atoms with van der Waals surface area (Å²) in [7, 11) is 0. The maximum absolute atomic E-state index is 12.6. The Bertz CT molecular complexity index is 615. The summed E-state index contributed by atoms with van der Waals surface area (Å²) in [6.07, 6.45) is 6.01. The van der Waals surface area contributed by atoms with Crippen LogP contribution in [-0.2, 0) is 9.53 Å². The van der Waals surface area contributed by atoms with Gasteiger partial charge in [-0.3, -0.25) is 4.79 Å². The second-order valence-corrected chi connectivity index (χ2v) is 8.36. The molecule has 4 nitrogen and oxygen atoms in total. The molecule has 3 atom stereocenters. The first-order valence-corrected chi connectivity index (χ1v) is 9.90. The van der Waals surface area contributed by atoms with Crippen LogP contribution >= 0.6 is 15.9 Å². The van der Waals surface area contributed by atoms with E-state index in [1.165, 1.54) is 25.7 Å². The van der Waals surface area contributed by atoms with E-state index in [0.29, 0.717) is 12.3 Å². The third-order valence-electron chi connectivity index (χ3n) is 5.92. The Labute approximate surface area is 152 Å². The predicted octanol–water partition coefficient (Wildman–Crippen LogP) is 4.05. The van der Waals surface area contributed by atoms with E-state index < -0.39 is 0 Å². The van der Waals surface area contributed by atoms with Gasteiger partial charge in [0.05, 0.1) is 24.6 Å². The van der Waals surface area contributed by atoms with Crippen molar-refractivity contribution in [3.63, 3.8) is 0 Å². The van der Waals surface area contributed by atoms with Crippen LogP contribution in [-0.4, -0.2) is 32.2 Å². The van der Waals surface area contributed by atoms with Gasteiger partial charge >= 0.3 is 0 Å². The monoisotopic (exact) mass is 392 g/mol. The van der Waals surface area contributed by atoms with Crippen molar-refractivity contribution in [1.29, 1.82) is 0 Å². The SMILES string of the molecule is O=C(CC1CC2CCC1C2)Nc1cc(Br)ccc1N1CCOCC1. The number of ether oxygens (including phenoxy) is 1. The lowest BCUT2D eigenvalue weighted by Crippen LogP contribution is -2.36. The van der Waals surface area contributed by atoms with Crippen LogP contribution in [0.5, 0.6) is 0 Å². The van der Waals surface area contributed by atoms with Crippen molar-refractivity contribution in [2.24, 2.45) is 17.8 Å². The van der Waals surface area contributed by atoms with Crippen molar-refractivity contribution in [3.8, 4) is 0 Å². The zero-order chi connectivity index (χ0) is 16.5. The van der Waals surface area contributed by atoms with E-state index in [2.05, 4.69) is 32.2 Å². The number of carbonyl (C=O) groups excluding carboxylic acids is 1. The van der Waals surface area contributed by atoms with E-state index in [0.717, 1.165) is 54.0 Å². The lowest BCUT2D eigenvalue weighted by atomic mass is 9.86. The highest BCUT2D eigenvalue weighted by Crippen LogP contribution is 2.49. The summed E-state index contributed by atoms with van der Waals surface area (Å²) in [5.74, 6) is 2.45. The molecule has 5 heteroatoms. The van der Waals surface area contributed by atoms with Crippen molar-refractivity contribution in [2.75, 3.05) is 36.5 Å². The van der Waals surface area contributed by atoms with Gasteiger partial charge in [-0.1, -0.05) is 22.4 Å². The van der Waals surface area contributed by atoms with Crippen LogP contribution in [0.2, 0.25) is 0 Å². The number of carbonyl (C=O) groups is 1. The number of rotatable bonds is 4. The lowest BCUT2D eigenvalue weighted by molar-refractivity contribution is -0.117. The molecule has 0 aromatic heterocycles. The third-order valence-corrected chi connectivity index (χ3v) is 6.41. The molecule has 1 N–H and O–H groups in total.